The summed E-state index contributed by atoms with van der Waals surface area (Å²) in [4.78, 5) is 0. The normalized spacial score (nSPS) is 17.7. The zero-order chi connectivity index (χ0) is 4.50. The maximum atomic E-state index is 9.56. The van der Waals surface area contributed by atoms with Crippen LogP contribution >= 0.6 is 0 Å². The van der Waals surface area contributed by atoms with Gasteiger partial charge in [0, 0.05) is 68.8 Å². The van der Waals surface area contributed by atoms with Crippen LogP contribution in [0, 0.1) is 0 Å². The van der Waals surface area contributed by atoms with E-state index in [2.05, 4.69) is 11.2 Å². The third-order valence-corrected chi connectivity index (χ3v) is 0. The van der Waals surface area contributed by atoms with Gasteiger partial charge in [-0.15, -0.1) is 0 Å². The topological polar surface area (TPSA) is 37.3 Å². The molecular weight excluding hydrogens is 147 g/mol. The zero-order valence-corrected chi connectivity index (χ0v) is 8.43. The van der Waals surface area contributed by atoms with E-state index >= 15 is 0 Å². The molecule has 0 aliphatic carbocycles. The SMILES string of the molecule is CS(=O)(O)=S.[K]. The molecule has 1 atom stereocenters. The van der Waals surface area contributed by atoms with Crippen molar-refractivity contribution in [2.24, 2.45) is 0 Å². The van der Waals surface area contributed by atoms with Gasteiger partial charge in [0.15, 0.2) is 0 Å². The van der Waals surface area contributed by atoms with E-state index in [4.69, 9.17) is 4.55 Å². The second-order valence-corrected chi connectivity index (χ2v) is 4.05. The summed E-state index contributed by atoms with van der Waals surface area (Å²) in [6, 6.07) is 0. The van der Waals surface area contributed by atoms with Crippen molar-refractivity contribution < 1.29 is 8.76 Å². The van der Waals surface area contributed by atoms with Crippen LogP contribution in [0.3, 0.4) is 0 Å². The first kappa shape index (κ1) is 10.9. The fraction of sp³-hybridized carbons (Fsp3) is 1.00. The van der Waals surface area contributed by atoms with E-state index in [9.17, 15) is 4.21 Å². The van der Waals surface area contributed by atoms with Gasteiger partial charge < -0.3 is 4.55 Å². The Balaban J connectivity index is 0. The third kappa shape index (κ3) is 38.1. The van der Waals surface area contributed by atoms with Crippen molar-refractivity contribution in [3.05, 3.63) is 0 Å². The van der Waals surface area contributed by atoms with Crippen LogP contribution in [0.25, 0.3) is 0 Å². The first-order valence-corrected chi connectivity index (χ1v) is 3.77. The summed E-state index contributed by atoms with van der Waals surface area (Å²) in [6.07, 6.45) is 1.09. The van der Waals surface area contributed by atoms with Crippen molar-refractivity contribution in [1.29, 1.82) is 0 Å². The van der Waals surface area contributed by atoms with E-state index in [1.165, 1.54) is 0 Å². The van der Waals surface area contributed by atoms with E-state index < -0.39 is 8.77 Å². The smallest absolute Gasteiger partial charge is 0.138 e. The van der Waals surface area contributed by atoms with Crippen molar-refractivity contribution >= 4 is 71.3 Å². The van der Waals surface area contributed by atoms with Gasteiger partial charge in [-0.05, 0) is 0 Å². The van der Waals surface area contributed by atoms with E-state index in [-0.39, 0.29) is 51.4 Å². The first-order chi connectivity index (χ1) is 2.00. The molecular formula is CH4KO2S2. The van der Waals surface area contributed by atoms with Gasteiger partial charge >= 0.3 is 0 Å². The molecule has 0 heterocycles. The van der Waals surface area contributed by atoms with Gasteiger partial charge in [-0.25, -0.2) is 4.21 Å². The van der Waals surface area contributed by atoms with Gasteiger partial charge in [-0.3, -0.25) is 0 Å². The summed E-state index contributed by atoms with van der Waals surface area (Å²) in [5, 5.41) is 0. The first-order valence-electron chi connectivity index (χ1n) is 0.924. The van der Waals surface area contributed by atoms with Crippen LogP contribution in [-0.4, -0.2) is 66.4 Å². The molecule has 0 aromatic heterocycles. The molecule has 1 unspecified atom stereocenters. The van der Waals surface area contributed by atoms with E-state index in [0.717, 1.165) is 6.26 Å². The zero-order valence-electron chi connectivity index (χ0n) is 3.67. The minimum absolute atomic E-state index is 0. The third-order valence-electron chi connectivity index (χ3n) is 0. The molecule has 5 heteroatoms. The van der Waals surface area contributed by atoms with Crippen molar-refractivity contribution in [1.82, 2.24) is 0 Å². The van der Waals surface area contributed by atoms with Gasteiger partial charge in [0.1, 0.15) is 8.77 Å². The van der Waals surface area contributed by atoms with Gasteiger partial charge in [-0.1, -0.05) is 0 Å². The second-order valence-electron chi connectivity index (χ2n) is 0.733. The quantitative estimate of drug-likeness (QED) is 0.472. The van der Waals surface area contributed by atoms with Crippen molar-refractivity contribution in [3.8, 4) is 0 Å². The van der Waals surface area contributed by atoms with Crippen LogP contribution in [0.1, 0.15) is 0 Å². The second kappa shape index (κ2) is 3.91. The molecule has 0 aromatic carbocycles. The van der Waals surface area contributed by atoms with Crippen molar-refractivity contribution in [3.63, 3.8) is 0 Å². The summed E-state index contributed by atoms with van der Waals surface area (Å²) in [6.45, 7) is 0. The average Bonchev–Trinajstić information content (AvgIpc) is 0.722. The molecule has 0 spiro atoms. The molecule has 0 saturated carbocycles. The number of hydrogen-bond acceptors (Lipinski definition) is 2. The Kier molecular flexibility index (Phi) is 7.07. The molecule has 1 N–H and O–H groups in total. The Morgan fingerprint density at radius 3 is 1.83 bits per heavy atom. The van der Waals surface area contributed by atoms with Gasteiger partial charge in [-0.2, -0.15) is 0 Å². The molecule has 0 aliphatic rings. The largest absolute Gasteiger partial charge is 0.306 e. The van der Waals surface area contributed by atoms with Crippen LogP contribution in [-0.2, 0) is 20.0 Å². The van der Waals surface area contributed by atoms with Crippen LogP contribution in [0.5, 0.6) is 0 Å². The van der Waals surface area contributed by atoms with E-state index in [0.29, 0.717) is 0 Å². The molecule has 0 amide bonds. The van der Waals surface area contributed by atoms with Gasteiger partial charge in [0.2, 0.25) is 0 Å². The molecule has 0 saturated heterocycles. The Morgan fingerprint density at radius 1 is 1.83 bits per heavy atom. The van der Waals surface area contributed by atoms with E-state index in [1.54, 1.807) is 0 Å². The maximum absolute atomic E-state index is 9.56. The molecule has 0 bridgehead atoms. The van der Waals surface area contributed by atoms with Crippen LogP contribution in [0.4, 0.5) is 0 Å². The molecule has 2 nitrogen and oxygen atoms in total. The van der Waals surface area contributed by atoms with Gasteiger partial charge in [0.05, 0.1) is 0 Å². The molecule has 0 aliphatic heterocycles. The summed E-state index contributed by atoms with van der Waals surface area (Å²) in [5.74, 6) is 0. The minimum atomic E-state index is -2.83. The molecule has 0 aromatic rings. The summed E-state index contributed by atoms with van der Waals surface area (Å²) in [7, 11) is -2.83. The van der Waals surface area contributed by atoms with E-state index in [1.807, 2.05) is 0 Å². The predicted molar refractivity (Wildman–Crippen MR) is 29.8 cm³/mol. The van der Waals surface area contributed by atoms with Crippen molar-refractivity contribution in [2.75, 3.05) is 6.26 Å². The fourth-order valence-electron chi connectivity index (χ4n) is 0. The Morgan fingerprint density at radius 2 is 1.83 bits per heavy atom. The van der Waals surface area contributed by atoms with Crippen molar-refractivity contribution in [2.45, 2.75) is 0 Å². The van der Waals surface area contributed by atoms with Crippen LogP contribution < -0.4 is 0 Å². The minimum Gasteiger partial charge on any atom is -0.306 e. The molecule has 1 radical (unpaired) electrons. The predicted octanol–water partition coefficient (Wildman–Crippen LogP) is -0.545. The summed E-state index contributed by atoms with van der Waals surface area (Å²) >= 11 is 3.91. The number of rotatable bonds is 0. The maximum Gasteiger partial charge on any atom is 0.138 e. The standard InChI is InChI=1S/CH4O2S2.K/c1-5(2,3)4;/h1H3,(H,2,3,4);. The fourth-order valence-corrected chi connectivity index (χ4v) is 0. The Labute approximate surface area is 84.6 Å². The Hall–Kier alpha value is 1.97. The summed E-state index contributed by atoms with van der Waals surface area (Å²) < 4.78 is 17.4. The summed E-state index contributed by atoms with van der Waals surface area (Å²) in [5.41, 5.74) is 0. The van der Waals surface area contributed by atoms with Gasteiger partial charge in [0.25, 0.3) is 0 Å². The monoisotopic (exact) mass is 151 g/mol. The average molecular weight is 151 g/mol. The number of hydrogen-bond donors (Lipinski definition) is 1. The van der Waals surface area contributed by atoms with Crippen LogP contribution in [0.15, 0.2) is 0 Å². The van der Waals surface area contributed by atoms with Crippen LogP contribution in [0.2, 0.25) is 0 Å². The molecule has 0 rings (SSSR count). The molecule has 0 fully saturated rings. The Bertz CT molecular complexity index is 94.7. The molecule has 6 heavy (non-hydrogen) atoms. The molecule has 33 valence electrons.